The second-order valence-electron chi connectivity index (χ2n) is 4.51. The Morgan fingerprint density at radius 1 is 1.41 bits per heavy atom. The average molecular weight is 325 g/mol. The molecule has 0 saturated heterocycles. The standard InChI is InChI=1S/C14H13ClN2O5/c1-16(8-9-7-10(15)3-4-11(9)21-2)14(18)12-5-6-13(22-12)17(19)20/h3-7H,8H2,1-2H3. The number of amides is 1. The summed E-state index contributed by atoms with van der Waals surface area (Å²) in [5.74, 6) is -0.461. The molecule has 2 rings (SSSR count). The Labute approximate surface area is 131 Å². The molecule has 1 heterocycles. The van der Waals surface area contributed by atoms with E-state index >= 15 is 0 Å². The van der Waals surface area contributed by atoms with Gasteiger partial charge in [0.25, 0.3) is 5.91 Å². The van der Waals surface area contributed by atoms with Crippen LogP contribution in [-0.2, 0) is 6.54 Å². The molecule has 0 spiro atoms. The number of methoxy groups -OCH3 is 1. The number of carbonyl (C=O) groups is 1. The van der Waals surface area contributed by atoms with Crippen LogP contribution in [0.1, 0.15) is 16.1 Å². The molecule has 0 unspecified atom stereocenters. The Hall–Kier alpha value is -2.54. The van der Waals surface area contributed by atoms with Crippen molar-refractivity contribution in [3.8, 4) is 5.75 Å². The van der Waals surface area contributed by atoms with E-state index < -0.39 is 16.7 Å². The Balaban J connectivity index is 2.17. The quantitative estimate of drug-likeness (QED) is 0.623. The summed E-state index contributed by atoms with van der Waals surface area (Å²) in [6, 6.07) is 7.48. The van der Waals surface area contributed by atoms with E-state index in [1.807, 2.05) is 0 Å². The van der Waals surface area contributed by atoms with Gasteiger partial charge < -0.3 is 14.1 Å². The fourth-order valence-electron chi connectivity index (χ4n) is 1.93. The van der Waals surface area contributed by atoms with Crippen LogP contribution in [0.25, 0.3) is 0 Å². The van der Waals surface area contributed by atoms with Gasteiger partial charge in [0.1, 0.15) is 10.7 Å². The lowest BCUT2D eigenvalue weighted by Crippen LogP contribution is -2.26. The van der Waals surface area contributed by atoms with Gasteiger partial charge in [0.2, 0.25) is 0 Å². The molecular weight excluding hydrogens is 312 g/mol. The molecule has 8 heteroatoms. The summed E-state index contributed by atoms with van der Waals surface area (Å²) >= 11 is 5.94. The van der Waals surface area contributed by atoms with E-state index in [1.54, 1.807) is 25.2 Å². The Bertz CT molecular complexity index is 713. The molecule has 0 aliphatic heterocycles. The molecular formula is C14H13ClN2O5. The van der Waals surface area contributed by atoms with Gasteiger partial charge in [-0.2, -0.15) is 0 Å². The monoisotopic (exact) mass is 324 g/mol. The van der Waals surface area contributed by atoms with Gasteiger partial charge in [-0.05, 0) is 24.3 Å². The lowest BCUT2D eigenvalue weighted by molar-refractivity contribution is -0.402. The van der Waals surface area contributed by atoms with E-state index in [2.05, 4.69) is 0 Å². The maximum absolute atomic E-state index is 12.2. The van der Waals surface area contributed by atoms with Crippen molar-refractivity contribution in [1.82, 2.24) is 4.90 Å². The van der Waals surface area contributed by atoms with Crippen molar-refractivity contribution in [2.45, 2.75) is 6.54 Å². The highest BCUT2D eigenvalue weighted by Crippen LogP contribution is 2.24. The molecule has 22 heavy (non-hydrogen) atoms. The minimum atomic E-state index is -0.698. The van der Waals surface area contributed by atoms with Crippen molar-refractivity contribution >= 4 is 23.4 Å². The van der Waals surface area contributed by atoms with Gasteiger partial charge in [0, 0.05) is 24.2 Å². The fraction of sp³-hybridized carbons (Fsp3) is 0.214. The number of nitro groups is 1. The highest BCUT2D eigenvalue weighted by atomic mass is 35.5. The summed E-state index contributed by atoms with van der Waals surface area (Å²) in [4.78, 5) is 23.4. The number of halogens is 1. The average Bonchev–Trinajstić information content (AvgIpc) is 2.96. The number of rotatable bonds is 5. The number of benzene rings is 1. The van der Waals surface area contributed by atoms with Crippen LogP contribution in [0.4, 0.5) is 5.88 Å². The summed E-state index contributed by atoms with van der Waals surface area (Å²) < 4.78 is 10.1. The normalized spacial score (nSPS) is 10.3. The summed E-state index contributed by atoms with van der Waals surface area (Å²) in [6.07, 6.45) is 0. The number of carbonyl (C=O) groups excluding carboxylic acids is 1. The first kappa shape index (κ1) is 15.8. The van der Waals surface area contributed by atoms with Crippen molar-refractivity contribution in [2.24, 2.45) is 0 Å². The van der Waals surface area contributed by atoms with E-state index in [-0.39, 0.29) is 12.3 Å². The number of ether oxygens (including phenoxy) is 1. The molecule has 0 saturated carbocycles. The topological polar surface area (TPSA) is 85.8 Å². The fourth-order valence-corrected chi connectivity index (χ4v) is 2.12. The van der Waals surface area contributed by atoms with Crippen LogP contribution in [0.5, 0.6) is 5.75 Å². The lowest BCUT2D eigenvalue weighted by atomic mass is 10.2. The van der Waals surface area contributed by atoms with Crippen LogP contribution < -0.4 is 4.74 Å². The SMILES string of the molecule is COc1ccc(Cl)cc1CN(C)C(=O)c1ccc([N+](=O)[O-])o1. The van der Waals surface area contributed by atoms with E-state index in [1.165, 1.54) is 18.1 Å². The third-order valence-corrected chi connectivity index (χ3v) is 3.21. The molecule has 2 aromatic rings. The maximum atomic E-state index is 12.2. The lowest BCUT2D eigenvalue weighted by Gasteiger charge is -2.17. The largest absolute Gasteiger partial charge is 0.496 e. The zero-order chi connectivity index (χ0) is 16.3. The van der Waals surface area contributed by atoms with Crippen LogP contribution in [-0.4, -0.2) is 29.9 Å². The van der Waals surface area contributed by atoms with Gasteiger partial charge in [0.05, 0.1) is 13.2 Å². The van der Waals surface area contributed by atoms with E-state index in [4.69, 9.17) is 20.8 Å². The van der Waals surface area contributed by atoms with Crippen LogP contribution in [0.2, 0.25) is 5.02 Å². The van der Waals surface area contributed by atoms with Crippen molar-refractivity contribution in [1.29, 1.82) is 0 Å². The summed E-state index contributed by atoms with van der Waals surface area (Å²) in [5, 5.41) is 11.1. The third kappa shape index (κ3) is 3.37. The van der Waals surface area contributed by atoms with Gasteiger partial charge in [-0.1, -0.05) is 11.6 Å². The van der Waals surface area contributed by atoms with E-state index in [9.17, 15) is 14.9 Å². The van der Waals surface area contributed by atoms with Crippen molar-refractivity contribution < 1.29 is 18.9 Å². The minimum Gasteiger partial charge on any atom is -0.496 e. The van der Waals surface area contributed by atoms with Gasteiger partial charge in [-0.15, -0.1) is 0 Å². The van der Waals surface area contributed by atoms with Crippen molar-refractivity contribution in [3.05, 3.63) is 56.8 Å². The van der Waals surface area contributed by atoms with E-state index in [0.717, 1.165) is 6.07 Å². The molecule has 1 aromatic heterocycles. The molecule has 0 fully saturated rings. The van der Waals surface area contributed by atoms with Gasteiger partial charge >= 0.3 is 5.88 Å². The first-order valence-electron chi connectivity index (χ1n) is 6.24. The molecule has 0 bridgehead atoms. The van der Waals surface area contributed by atoms with Crippen LogP contribution in [0, 0.1) is 10.1 Å². The Kier molecular flexibility index (Phi) is 4.67. The third-order valence-electron chi connectivity index (χ3n) is 2.98. The smallest absolute Gasteiger partial charge is 0.433 e. The highest BCUT2D eigenvalue weighted by molar-refractivity contribution is 6.30. The molecule has 1 aromatic carbocycles. The molecule has 0 radical (unpaired) electrons. The number of nitrogens with zero attached hydrogens (tertiary/aromatic N) is 2. The zero-order valence-corrected chi connectivity index (χ0v) is 12.7. The Morgan fingerprint density at radius 2 is 2.14 bits per heavy atom. The molecule has 7 nitrogen and oxygen atoms in total. The number of hydrogen-bond acceptors (Lipinski definition) is 5. The van der Waals surface area contributed by atoms with E-state index in [0.29, 0.717) is 16.3 Å². The predicted octanol–water partition coefficient (Wildman–Crippen LogP) is 3.12. The number of furan rings is 1. The van der Waals surface area contributed by atoms with Gasteiger partial charge in [0.15, 0.2) is 5.76 Å². The molecule has 0 aliphatic carbocycles. The van der Waals surface area contributed by atoms with Crippen molar-refractivity contribution in [3.63, 3.8) is 0 Å². The molecule has 0 aliphatic rings. The molecule has 1 amide bonds. The van der Waals surface area contributed by atoms with Crippen LogP contribution in [0.3, 0.4) is 0 Å². The number of hydrogen-bond donors (Lipinski definition) is 0. The second-order valence-corrected chi connectivity index (χ2v) is 4.95. The van der Waals surface area contributed by atoms with Gasteiger partial charge in [-0.3, -0.25) is 14.9 Å². The predicted molar refractivity (Wildman–Crippen MR) is 79.2 cm³/mol. The molecule has 116 valence electrons. The Morgan fingerprint density at radius 3 is 2.73 bits per heavy atom. The minimum absolute atomic E-state index is 0.102. The molecule has 0 N–H and O–H groups in total. The molecule has 0 atom stereocenters. The van der Waals surface area contributed by atoms with Crippen LogP contribution in [0.15, 0.2) is 34.7 Å². The second kappa shape index (κ2) is 6.48. The van der Waals surface area contributed by atoms with Gasteiger partial charge in [-0.25, -0.2) is 0 Å². The first-order chi connectivity index (χ1) is 10.4. The maximum Gasteiger partial charge on any atom is 0.433 e. The summed E-state index contributed by atoms with van der Waals surface area (Å²) in [7, 11) is 3.07. The van der Waals surface area contributed by atoms with Crippen LogP contribution >= 0.6 is 11.6 Å². The highest BCUT2D eigenvalue weighted by Gasteiger charge is 2.21. The van der Waals surface area contributed by atoms with Crippen molar-refractivity contribution in [2.75, 3.05) is 14.2 Å². The first-order valence-corrected chi connectivity index (χ1v) is 6.62. The summed E-state index contributed by atoms with van der Waals surface area (Å²) in [5.41, 5.74) is 0.715. The summed E-state index contributed by atoms with van der Waals surface area (Å²) in [6.45, 7) is 0.219. The zero-order valence-electron chi connectivity index (χ0n) is 11.9.